The Balaban J connectivity index is 1.95. The van der Waals surface area contributed by atoms with E-state index in [2.05, 4.69) is 6.07 Å². The van der Waals surface area contributed by atoms with Crippen molar-refractivity contribution in [2.45, 2.75) is 6.42 Å². The summed E-state index contributed by atoms with van der Waals surface area (Å²) in [7, 11) is 3.21. The quantitative estimate of drug-likeness (QED) is 0.817. The number of hydrogen-bond donors (Lipinski definition) is 0. The van der Waals surface area contributed by atoms with E-state index in [0.717, 1.165) is 12.2 Å². The summed E-state index contributed by atoms with van der Waals surface area (Å²) in [4.78, 5) is 0. The van der Waals surface area contributed by atoms with E-state index in [-0.39, 0.29) is 0 Å². The summed E-state index contributed by atoms with van der Waals surface area (Å²) in [6.45, 7) is 0.532. The number of ether oxygens (including phenoxy) is 3. The molecule has 0 atom stereocenters. The van der Waals surface area contributed by atoms with E-state index < -0.39 is 0 Å². The second kappa shape index (κ2) is 7.20. The number of benzene rings is 2. The molecule has 0 spiro atoms. The largest absolute Gasteiger partial charge is 0.497 e. The summed E-state index contributed by atoms with van der Waals surface area (Å²) in [5.74, 6) is 2.10. The van der Waals surface area contributed by atoms with Gasteiger partial charge in [-0.15, -0.1) is 0 Å². The normalized spacial score (nSPS) is 9.76. The average molecular weight is 283 g/mol. The van der Waals surface area contributed by atoms with Gasteiger partial charge in [-0.3, -0.25) is 0 Å². The lowest BCUT2D eigenvalue weighted by Gasteiger charge is -2.09. The average Bonchev–Trinajstić information content (AvgIpc) is 2.55. The van der Waals surface area contributed by atoms with Gasteiger partial charge in [0.15, 0.2) is 0 Å². The molecule has 4 heteroatoms. The van der Waals surface area contributed by atoms with E-state index >= 15 is 0 Å². The smallest absolute Gasteiger partial charge is 0.124 e. The molecule has 0 bridgehead atoms. The molecular formula is C17H17NO3. The highest BCUT2D eigenvalue weighted by Gasteiger charge is 2.02. The molecule has 0 saturated carbocycles. The SMILES string of the molecule is COc1ccc(CCOc2cc(C#N)cc(OC)c2)cc1. The van der Waals surface area contributed by atoms with Crippen molar-refractivity contribution in [3.05, 3.63) is 53.6 Å². The Morgan fingerprint density at radius 3 is 2.19 bits per heavy atom. The molecule has 2 aromatic rings. The molecule has 2 rings (SSSR count). The molecule has 0 aliphatic rings. The van der Waals surface area contributed by atoms with Gasteiger partial charge in [-0.2, -0.15) is 5.26 Å². The fraction of sp³-hybridized carbons (Fsp3) is 0.235. The molecule has 0 amide bonds. The number of methoxy groups -OCH3 is 2. The van der Waals surface area contributed by atoms with Gasteiger partial charge >= 0.3 is 0 Å². The van der Waals surface area contributed by atoms with Crippen LogP contribution in [0.5, 0.6) is 17.2 Å². The second-order valence-electron chi connectivity index (χ2n) is 4.46. The Morgan fingerprint density at radius 1 is 0.905 bits per heavy atom. The van der Waals surface area contributed by atoms with Gasteiger partial charge in [0.05, 0.1) is 32.5 Å². The number of rotatable bonds is 6. The first-order chi connectivity index (χ1) is 10.2. The van der Waals surface area contributed by atoms with Crippen molar-refractivity contribution in [2.24, 2.45) is 0 Å². The first-order valence-corrected chi connectivity index (χ1v) is 6.60. The first kappa shape index (κ1) is 14.7. The number of nitriles is 1. The Bertz CT molecular complexity index is 629. The molecule has 0 aliphatic heterocycles. The van der Waals surface area contributed by atoms with Crippen LogP contribution in [0.1, 0.15) is 11.1 Å². The van der Waals surface area contributed by atoms with Crippen molar-refractivity contribution in [3.63, 3.8) is 0 Å². The van der Waals surface area contributed by atoms with Crippen molar-refractivity contribution in [2.75, 3.05) is 20.8 Å². The van der Waals surface area contributed by atoms with Crippen LogP contribution in [-0.4, -0.2) is 20.8 Å². The lowest BCUT2D eigenvalue weighted by Crippen LogP contribution is -2.02. The van der Waals surface area contributed by atoms with E-state index in [0.29, 0.717) is 23.7 Å². The van der Waals surface area contributed by atoms with Crippen LogP contribution in [0.25, 0.3) is 0 Å². The predicted molar refractivity (Wildman–Crippen MR) is 79.9 cm³/mol. The molecule has 0 radical (unpaired) electrons. The molecule has 21 heavy (non-hydrogen) atoms. The molecule has 0 fully saturated rings. The fourth-order valence-corrected chi connectivity index (χ4v) is 1.92. The molecular weight excluding hydrogens is 266 g/mol. The van der Waals surface area contributed by atoms with E-state index in [9.17, 15) is 0 Å². The third kappa shape index (κ3) is 4.15. The van der Waals surface area contributed by atoms with Gasteiger partial charge in [0.2, 0.25) is 0 Å². The van der Waals surface area contributed by atoms with Crippen molar-refractivity contribution in [1.82, 2.24) is 0 Å². The molecule has 0 aromatic heterocycles. The summed E-state index contributed by atoms with van der Waals surface area (Å²) < 4.78 is 15.9. The maximum Gasteiger partial charge on any atom is 0.124 e. The van der Waals surface area contributed by atoms with Crippen molar-refractivity contribution < 1.29 is 14.2 Å². The molecule has 2 aromatic carbocycles. The molecule has 0 heterocycles. The first-order valence-electron chi connectivity index (χ1n) is 6.60. The molecule has 108 valence electrons. The summed E-state index contributed by atoms with van der Waals surface area (Å²) >= 11 is 0. The van der Waals surface area contributed by atoms with Gasteiger partial charge in [-0.1, -0.05) is 12.1 Å². The zero-order valence-electron chi connectivity index (χ0n) is 12.1. The Hall–Kier alpha value is -2.67. The van der Waals surface area contributed by atoms with Crippen molar-refractivity contribution in [3.8, 4) is 23.3 Å². The van der Waals surface area contributed by atoms with Gasteiger partial charge in [0.25, 0.3) is 0 Å². The molecule has 4 nitrogen and oxygen atoms in total. The van der Waals surface area contributed by atoms with Crippen LogP contribution in [-0.2, 0) is 6.42 Å². The third-order valence-electron chi connectivity index (χ3n) is 3.06. The topological polar surface area (TPSA) is 51.5 Å². The van der Waals surface area contributed by atoms with Crippen LogP contribution in [0.3, 0.4) is 0 Å². The van der Waals surface area contributed by atoms with Crippen LogP contribution in [0.15, 0.2) is 42.5 Å². The number of nitrogens with zero attached hydrogens (tertiary/aromatic N) is 1. The highest BCUT2D eigenvalue weighted by Crippen LogP contribution is 2.22. The van der Waals surface area contributed by atoms with Gasteiger partial charge in [0, 0.05) is 12.5 Å². The maximum atomic E-state index is 8.96. The summed E-state index contributed by atoms with van der Waals surface area (Å²) in [6.07, 6.45) is 0.781. The van der Waals surface area contributed by atoms with Gasteiger partial charge < -0.3 is 14.2 Å². The van der Waals surface area contributed by atoms with Crippen LogP contribution in [0, 0.1) is 11.3 Å². The van der Waals surface area contributed by atoms with E-state index in [1.807, 2.05) is 24.3 Å². The minimum Gasteiger partial charge on any atom is -0.497 e. The van der Waals surface area contributed by atoms with E-state index in [4.69, 9.17) is 19.5 Å². The molecule has 0 aliphatic carbocycles. The van der Waals surface area contributed by atoms with Gasteiger partial charge in [-0.25, -0.2) is 0 Å². The lowest BCUT2D eigenvalue weighted by atomic mass is 10.1. The lowest BCUT2D eigenvalue weighted by molar-refractivity contribution is 0.318. The second-order valence-corrected chi connectivity index (χ2v) is 4.46. The van der Waals surface area contributed by atoms with Crippen molar-refractivity contribution in [1.29, 1.82) is 5.26 Å². The van der Waals surface area contributed by atoms with Gasteiger partial charge in [-0.05, 0) is 29.8 Å². The van der Waals surface area contributed by atoms with Crippen molar-refractivity contribution >= 4 is 0 Å². The van der Waals surface area contributed by atoms with E-state index in [1.165, 1.54) is 5.56 Å². The zero-order valence-corrected chi connectivity index (χ0v) is 12.1. The predicted octanol–water partition coefficient (Wildman–Crippen LogP) is 3.20. The molecule has 0 N–H and O–H groups in total. The van der Waals surface area contributed by atoms with Crippen LogP contribution >= 0.6 is 0 Å². The van der Waals surface area contributed by atoms with Gasteiger partial charge in [0.1, 0.15) is 17.2 Å². The number of hydrogen-bond acceptors (Lipinski definition) is 4. The molecule has 0 unspecified atom stereocenters. The minimum atomic E-state index is 0.522. The highest BCUT2D eigenvalue weighted by molar-refractivity contribution is 5.43. The Labute approximate surface area is 124 Å². The van der Waals surface area contributed by atoms with Crippen LogP contribution < -0.4 is 14.2 Å². The zero-order chi connectivity index (χ0) is 15.1. The summed E-state index contributed by atoms with van der Waals surface area (Å²) in [6, 6.07) is 15.1. The summed E-state index contributed by atoms with van der Waals surface area (Å²) in [5, 5.41) is 8.96. The third-order valence-corrected chi connectivity index (χ3v) is 3.06. The molecule has 0 saturated heterocycles. The Morgan fingerprint density at radius 2 is 1.57 bits per heavy atom. The maximum absolute atomic E-state index is 8.96. The van der Waals surface area contributed by atoms with Crippen LogP contribution in [0.4, 0.5) is 0 Å². The standard InChI is InChI=1S/C17H17NO3/c1-19-15-5-3-13(4-6-15)7-8-21-17-10-14(12-18)9-16(11-17)20-2/h3-6,9-11H,7-8H2,1-2H3. The monoisotopic (exact) mass is 283 g/mol. The van der Waals surface area contributed by atoms with Crippen LogP contribution in [0.2, 0.25) is 0 Å². The minimum absolute atomic E-state index is 0.522. The summed E-state index contributed by atoms with van der Waals surface area (Å²) in [5.41, 5.74) is 1.69. The Kier molecular flexibility index (Phi) is 5.05. The fourth-order valence-electron chi connectivity index (χ4n) is 1.92. The van der Waals surface area contributed by atoms with E-state index in [1.54, 1.807) is 32.4 Å². The highest BCUT2D eigenvalue weighted by atomic mass is 16.5.